The molecule has 23 heavy (non-hydrogen) atoms. The van der Waals surface area contributed by atoms with E-state index in [4.69, 9.17) is 16.9 Å². The Labute approximate surface area is 132 Å². The number of ketones is 1. The summed E-state index contributed by atoms with van der Waals surface area (Å²) in [6.07, 6.45) is -3.07. The summed E-state index contributed by atoms with van der Waals surface area (Å²) < 4.78 is 54.6. The van der Waals surface area contributed by atoms with Crippen molar-refractivity contribution in [2.75, 3.05) is 0 Å². The van der Waals surface area contributed by atoms with Crippen molar-refractivity contribution in [3.8, 4) is 11.8 Å². The zero-order chi connectivity index (χ0) is 16.9. The van der Waals surface area contributed by atoms with Crippen LogP contribution in [0.25, 0.3) is 5.69 Å². The second-order valence-corrected chi connectivity index (χ2v) is 5.47. The van der Waals surface area contributed by atoms with Gasteiger partial charge >= 0.3 is 5.92 Å². The van der Waals surface area contributed by atoms with E-state index in [2.05, 4.69) is 0 Å². The van der Waals surface area contributed by atoms with Gasteiger partial charge in [-0.25, -0.2) is 8.78 Å². The molecule has 0 radical (unpaired) electrons. The average molecular weight is 343 g/mol. The predicted molar refractivity (Wildman–Crippen MR) is 73.4 cm³/mol. The first kappa shape index (κ1) is 15.6. The molecule has 0 spiro atoms. The van der Waals surface area contributed by atoms with Crippen molar-refractivity contribution in [2.24, 2.45) is 0 Å². The van der Waals surface area contributed by atoms with E-state index in [-0.39, 0.29) is 22.0 Å². The first-order chi connectivity index (χ1) is 10.8. The zero-order valence-corrected chi connectivity index (χ0v) is 12.0. The van der Waals surface area contributed by atoms with Crippen LogP contribution in [0.5, 0.6) is 0 Å². The second-order valence-electron chi connectivity index (χ2n) is 5.06. The van der Waals surface area contributed by atoms with Crippen LogP contribution >= 0.6 is 11.6 Å². The number of benzene rings is 1. The Hall–Kier alpha value is -2.33. The SMILES string of the molecule is N#Cc1cc(-n2cc(C(F)F)c3c2CC(F)(F)C3=O)ccc1Cl. The minimum Gasteiger partial charge on any atom is -0.319 e. The minimum atomic E-state index is -3.71. The van der Waals surface area contributed by atoms with Gasteiger partial charge in [-0.15, -0.1) is 0 Å². The number of nitrogens with zero attached hydrogens (tertiary/aromatic N) is 2. The predicted octanol–water partition coefficient (Wildman–Crippen LogP) is 4.31. The number of nitriles is 1. The van der Waals surface area contributed by atoms with Crippen LogP contribution in [0.4, 0.5) is 17.6 Å². The van der Waals surface area contributed by atoms with Gasteiger partial charge in [0.25, 0.3) is 6.43 Å². The third-order valence-electron chi connectivity index (χ3n) is 3.67. The van der Waals surface area contributed by atoms with E-state index in [1.54, 1.807) is 0 Å². The maximum Gasteiger partial charge on any atom is 0.315 e. The van der Waals surface area contributed by atoms with E-state index < -0.39 is 35.7 Å². The number of carbonyl (C=O) groups is 1. The molecule has 0 amide bonds. The number of rotatable bonds is 2. The Kier molecular flexibility index (Phi) is 3.45. The van der Waals surface area contributed by atoms with Crippen molar-refractivity contribution >= 4 is 17.4 Å². The summed E-state index contributed by atoms with van der Waals surface area (Å²) in [7, 11) is 0. The second kappa shape index (κ2) is 5.10. The first-order valence-electron chi connectivity index (χ1n) is 6.41. The van der Waals surface area contributed by atoms with Crippen molar-refractivity contribution in [1.82, 2.24) is 4.57 Å². The summed E-state index contributed by atoms with van der Waals surface area (Å²) >= 11 is 5.80. The Bertz CT molecular complexity index is 867. The van der Waals surface area contributed by atoms with E-state index in [1.165, 1.54) is 18.2 Å². The lowest BCUT2D eigenvalue weighted by molar-refractivity contribution is 0.0158. The molecule has 0 fully saturated rings. The third kappa shape index (κ3) is 2.30. The van der Waals surface area contributed by atoms with Gasteiger partial charge in [0.1, 0.15) is 6.07 Å². The summed E-state index contributed by atoms with van der Waals surface area (Å²) in [6, 6.07) is 5.87. The van der Waals surface area contributed by atoms with Gasteiger partial charge in [0.2, 0.25) is 5.78 Å². The van der Waals surface area contributed by atoms with Crippen LogP contribution in [-0.2, 0) is 6.42 Å². The van der Waals surface area contributed by atoms with E-state index in [0.717, 1.165) is 10.8 Å². The number of aromatic nitrogens is 1. The van der Waals surface area contributed by atoms with Gasteiger partial charge in [-0.1, -0.05) is 11.6 Å². The van der Waals surface area contributed by atoms with Crippen molar-refractivity contribution < 1.29 is 22.4 Å². The van der Waals surface area contributed by atoms with Gasteiger partial charge in [-0.2, -0.15) is 14.0 Å². The molecule has 0 bridgehead atoms. The topological polar surface area (TPSA) is 45.8 Å². The number of halogens is 5. The monoisotopic (exact) mass is 342 g/mol. The van der Waals surface area contributed by atoms with Crippen LogP contribution in [0.1, 0.15) is 33.6 Å². The summed E-state index contributed by atoms with van der Waals surface area (Å²) in [5.41, 5.74) is -1.29. The van der Waals surface area contributed by atoms with Gasteiger partial charge in [-0.05, 0) is 18.2 Å². The average Bonchev–Trinajstić information content (AvgIpc) is 2.95. The molecule has 0 N–H and O–H groups in total. The van der Waals surface area contributed by atoms with Crippen molar-refractivity contribution in [2.45, 2.75) is 18.8 Å². The van der Waals surface area contributed by atoms with Crippen LogP contribution in [-0.4, -0.2) is 16.3 Å². The van der Waals surface area contributed by atoms with Gasteiger partial charge < -0.3 is 4.57 Å². The van der Waals surface area contributed by atoms with Crippen LogP contribution in [0.15, 0.2) is 24.4 Å². The lowest BCUT2D eigenvalue weighted by Gasteiger charge is -2.10. The molecule has 1 aromatic carbocycles. The molecule has 1 aliphatic carbocycles. The highest BCUT2D eigenvalue weighted by atomic mass is 35.5. The zero-order valence-electron chi connectivity index (χ0n) is 11.3. The lowest BCUT2D eigenvalue weighted by atomic mass is 10.1. The Morgan fingerprint density at radius 1 is 1.35 bits per heavy atom. The highest BCUT2D eigenvalue weighted by molar-refractivity contribution is 6.31. The molecule has 118 valence electrons. The lowest BCUT2D eigenvalue weighted by Crippen LogP contribution is -2.25. The quantitative estimate of drug-likeness (QED) is 0.763. The number of hydrogen-bond acceptors (Lipinski definition) is 2. The highest BCUT2D eigenvalue weighted by Crippen LogP contribution is 2.41. The molecule has 1 aliphatic rings. The molecule has 8 heteroatoms. The van der Waals surface area contributed by atoms with Gasteiger partial charge in [0, 0.05) is 23.1 Å². The molecule has 0 unspecified atom stereocenters. The fourth-order valence-corrected chi connectivity index (χ4v) is 2.78. The van der Waals surface area contributed by atoms with Crippen molar-refractivity contribution in [1.29, 1.82) is 5.26 Å². The smallest absolute Gasteiger partial charge is 0.315 e. The van der Waals surface area contributed by atoms with Crippen LogP contribution in [0, 0.1) is 11.3 Å². The van der Waals surface area contributed by atoms with Crippen LogP contribution in [0.2, 0.25) is 5.02 Å². The normalized spacial score (nSPS) is 15.8. The molecule has 0 saturated carbocycles. The van der Waals surface area contributed by atoms with Crippen LogP contribution in [0.3, 0.4) is 0 Å². The summed E-state index contributed by atoms with van der Waals surface area (Å²) in [6.45, 7) is 0. The maximum absolute atomic E-state index is 13.6. The van der Waals surface area contributed by atoms with E-state index in [0.29, 0.717) is 0 Å². The van der Waals surface area contributed by atoms with Gasteiger partial charge in [0.05, 0.1) is 22.6 Å². The molecule has 3 nitrogen and oxygen atoms in total. The molecule has 0 saturated heterocycles. The number of Topliss-reactive ketones (excluding diaryl/α,β-unsaturated/α-hetero) is 1. The Morgan fingerprint density at radius 2 is 2.04 bits per heavy atom. The largest absolute Gasteiger partial charge is 0.319 e. The fourth-order valence-electron chi connectivity index (χ4n) is 2.62. The standard InChI is InChI=1S/C15H7ClF4N2O/c16-10-2-1-8(3-7(10)5-21)22-6-9(14(17)18)12-11(22)4-15(19,20)13(12)23/h1-3,6,14H,4H2. The van der Waals surface area contributed by atoms with E-state index >= 15 is 0 Å². The number of hydrogen-bond donors (Lipinski definition) is 0. The van der Waals surface area contributed by atoms with Crippen molar-refractivity contribution in [3.05, 3.63) is 51.8 Å². The summed E-state index contributed by atoms with van der Waals surface area (Å²) in [5, 5.41) is 9.11. The third-order valence-corrected chi connectivity index (χ3v) is 4.00. The van der Waals surface area contributed by atoms with Crippen molar-refractivity contribution in [3.63, 3.8) is 0 Å². The first-order valence-corrected chi connectivity index (χ1v) is 6.79. The highest BCUT2D eigenvalue weighted by Gasteiger charge is 2.51. The molecule has 1 heterocycles. The molecule has 0 aliphatic heterocycles. The van der Waals surface area contributed by atoms with Gasteiger partial charge in [0.15, 0.2) is 0 Å². The fraction of sp³-hybridized carbons (Fsp3) is 0.200. The molecular weight excluding hydrogens is 336 g/mol. The minimum absolute atomic E-state index is 0.0706. The molecule has 2 aromatic rings. The molecule has 0 atom stereocenters. The van der Waals surface area contributed by atoms with E-state index in [9.17, 15) is 22.4 Å². The number of carbonyl (C=O) groups excluding carboxylic acids is 1. The summed E-state index contributed by atoms with van der Waals surface area (Å²) in [5.74, 6) is -5.31. The molecule has 1 aromatic heterocycles. The number of fused-ring (bicyclic) bond motifs is 1. The van der Waals surface area contributed by atoms with Crippen LogP contribution < -0.4 is 0 Å². The van der Waals surface area contributed by atoms with Gasteiger partial charge in [-0.3, -0.25) is 4.79 Å². The number of alkyl halides is 4. The maximum atomic E-state index is 13.6. The summed E-state index contributed by atoms with van der Waals surface area (Å²) in [4.78, 5) is 11.7. The Morgan fingerprint density at radius 3 is 2.65 bits per heavy atom. The van der Waals surface area contributed by atoms with E-state index in [1.807, 2.05) is 6.07 Å². The molecule has 3 rings (SSSR count). The molecular formula is C15H7ClF4N2O. The Balaban J connectivity index is 2.24.